The van der Waals surface area contributed by atoms with Crippen molar-refractivity contribution in [2.75, 3.05) is 39.4 Å². The summed E-state index contributed by atoms with van der Waals surface area (Å²) in [6.07, 6.45) is 0.518. The van der Waals surface area contributed by atoms with Crippen LogP contribution in [0.15, 0.2) is 24.3 Å². The van der Waals surface area contributed by atoms with Crippen LogP contribution in [-0.2, 0) is 11.2 Å². The van der Waals surface area contributed by atoms with Gasteiger partial charge in [-0.25, -0.2) is 0 Å². The maximum absolute atomic E-state index is 12.1. The summed E-state index contributed by atoms with van der Waals surface area (Å²) in [5, 5.41) is 2.94. The van der Waals surface area contributed by atoms with E-state index in [0.717, 1.165) is 38.4 Å². The zero-order valence-electron chi connectivity index (χ0n) is 12.0. The third kappa shape index (κ3) is 5.41. The molecule has 1 aromatic carbocycles. The quantitative estimate of drug-likeness (QED) is 0.753. The van der Waals surface area contributed by atoms with Gasteiger partial charge in [0.2, 0.25) is 0 Å². The first-order valence-corrected chi connectivity index (χ1v) is 7.51. The Morgan fingerprint density at radius 2 is 2.14 bits per heavy atom. The molecule has 114 valence electrons. The van der Waals surface area contributed by atoms with E-state index < -0.39 is 0 Å². The molecular formula is C15H21N3O2S. The predicted octanol–water partition coefficient (Wildman–Crippen LogP) is 0.577. The molecule has 1 heterocycles. The smallest absolute Gasteiger partial charge is 0.251 e. The summed E-state index contributed by atoms with van der Waals surface area (Å²) in [4.78, 5) is 14.8. The normalized spacial score (nSPS) is 15.6. The Labute approximate surface area is 130 Å². The van der Waals surface area contributed by atoms with E-state index in [1.54, 1.807) is 6.07 Å². The van der Waals surface area contributed by atoms with E-state index in [9.17, 15) is 4.79 Å². The summed E-state index contributed by atoms with van der Waals surface area (Å²) in [7, 11) is 0. The molecule has 0 saturated carbocycles. The molecule has 0 bridgehead atoms. The first-order valence-electron chi connectivity index (χ1n) is 7.10. The first kappa shape index (κ1) is 15.9. The Morgan fingerprint density at radius 1 is 1.38 bits per heavy atom. The van der Waals surface area contributed by atoms with Gasteiger partial charge in [-0.2, -0.15) is 0 Å². The number of thiocarbonyl (C=S) groups is 1. The summed E-state index contributed by atoms with van der Waals surface area (Å²) in [6, 6.07) is 7.41. The second-order valence-electron chi connectivity index (χ2n) is 5.05. The van der Waals surface area contributed by atoms with Gasteiger partial charge in [-0.05, 0) is 17.7 Å². The minimum Gasteiger partial charge on any atom is -0.393 e. The molecule has 2 rings (SSSR count). The van der Waals surface area contributed by atoms with Gasteiger partial charge in [0.05, 0.1) is 18.2 Å². The lowest BCUT2D eigenvalue weighted by molar-refractivity contribution is 0.0383. The summed E-state index contributed by atoms with van der Waals surface area (Å²) < 4.78 is 5.29. The number of nitrogens with zero attached hydrogens (tertiary/aromatic N) is 1. The number of carbonyl (C=O) groups is 1. The molecule has 6 heteroatoms. The van der Waals surface area contributed by atoms with Crippen molar-refractivity contribution in [2.24, 2.45) is 5.73 Å². The minimum absolute atomic E-state index is 0.0620. The van der Waals surface area contributed by atoms with Crippen molar-refractivity contribution >= 4 is 23.1 Å². The van der Waals surface area contributed by atoms with Gasteiger partial charge in [0, 0.05) is 38.2 Å². The fourth-order valence-corrected chi connectivity index (χ4v) is 2.44. The fourth-order valence-electron chi connectivity index (χ4n) is 2.28. The molecule has 1 aliphatic heterocycles. The zero-order chi connectivity index (χ0) is 15.1. The largest absolute Gasteiger partial charge is 0.393 e. The van der Waals surface area contributed by atoms with Crippen LogP contribution in [-0.4, -0.2) is 55.2 Å². The van der Waals surface area contributed by atoms with Gasteiger partial charge in [-0.1, -0.05) is 24.4 Å². The van der Waals surface area contributed by atoms with Crippen molar-refractivity contribution in [3.05, 3.63) is 35.4 Å². The van der Waals surface area contributed by atoms with Gasteiger partial charge in [-0.3, -0.25) is 9.69 Å². The molecule has 1 aliphatic rings. The van der Waals surface area contributed by atoms with Crippen molar-refractivity contribution in [1.82, 2.24) is 10.2 Å². The van der Waals surface area contributed by atoms with E-state index in [-0.39, 0.29) is 5.91 Å². The standard InChI is InChI=1S/C15H21N3O2S/c16-14(21)11-12-2-1-3-13(10-12)15(19)17-4-5-18-6-8-20-9-7-18/h1-3,10H,4-9,11H2,(H2,16,21)(H,17,19). The fraction of sp³-hybridized carbons (Fsp3) is 0.467. The molecule has 21 heavy (non-hydrogen) atoms. The highest BCUT2D eigenvalue weighted by atomic mass is 32.1. The molecule has 0 aromatic heterocycles. The van der Waals surface area contributed by atoms with Crippen LogP contribution < -0.4 is 11.1 Å². The highest BCUT2D eigenvalue weighted by Gasteiger charge is 2.11. The van der Waals surface area contributed by atoms with E-state index in [2.05, 4.69) is 10.2 Å². The van der Waals surface area contributed by atoms with Gasteiger partial charge in [-0.15, -0.1) is 0 Å². The predicted molar refractivity (Wildman–Crippen MR) is 86.5 cm³/mol. The average Bonchev–Trinajstić information content (AvgIpc) is 2.48. The molecule has 0 spiro atoms. The van der Waals surface area contributed by atoms with Gasteiger partial charge in [0.25, 0.3) is 5.91 Å². The molecule has 1 fully saturated rings. The monoisotopic (exact) mass is 307 g/mol. The molecule has 0 radical (unpaired) electrons. The van der Waals surface area contributed by atoms with Gasteiger partial charge < -0.3 is 15.8 Å². The van der Waals surface area contributed by atoms with Crippen LogP contribution in [0.5, 0.6) is 0 Å². The zero-order valence-corrected chi connectivity index (χ0v) is 12.8. The Hall–Kier alpha value is -1.50. The van der Waals surface area contributed by atoms with Crippen molar-refractivity contribution in [2.45, 2.75) is 6.42 Å². The van der Waals surface area contributed by atoms with Crippen molar-refractivity contribution < 1.29 is 9.53 Å². The summed E-state index contributed by atoms with van der Waals surface area (Å²) in [6.45, 7) is 4.89. The van der Waals surface area contributed by atoms with Crippen molar-refractivity contribution in [3.63, 3.8) is 0 Å². The maximum Gasteiger partial charge on any atom is 0.251 e. The van der Waals surface area contributed by atoms with Crippen LogP contribution in [0.1, 0.15) is 15.9 Å². The Morgan fingerprint density at radius 3 is 2.86 bits per heavy atom. The molecule has 1 saturated heterocycles. The number of hydrogen-bond donors (Lipinski definition) is 2. The van der Waals surface area contributed by atoms with E-state index >= 15 is 0 Å². The van der Waals surface area contributed by atoms with Gasteiger partial charge >= 0.3 is 0 Å². The first-order chi connectivity index (χ1) is 10.1. The molecule has 5 nitrogen and oxygen atoms in total. The number of nitrogens with one attached hydrogen (secondary N) is 1. The minimum atomic E-state index is -0.0620. The summed E-state index contributed by atoms with van der Waals surface area (Å²) >= 11 is 4.89. The van der Waals surface area contributed by atoms with Crippen LogP contribution >= 0.6 is 12.2 Å². The second-order valence-corrected chi connectivity index (χ2v) is 5.58. The second kappa shape index (κ2) is 8.07. The lowest BCUT2D eigenvalue weighted by atomic mass is 10.1. The van der Waals surface area contributed by atoms with E-state index in [1.165, 1.54) is 0 Å². The van der Waals surface area contributed by atoms with E-state index in [1.807, 2.05) is 18.2 Å². The van der Waals surface area contributed by atoms with Crippen LogP contribution in [0.25, 0.3) is 0 Å². The lowest BCUT2D eigenvalue weighted by Gasteiger charge is -2.26. The third-order valence-corrected chi connectivity index (χ3v) is 3.53. The number of amides is 1. The molecule has 0 unspecified atom stereocenters. The highest BCUT2D eigenvalue weighted by Crippen LogP contribution is 2.06. The third-order valence-electron chi connectivity index (χ3n) is 3.38. The van der Waals surface area contributed by atoms with E-state index in [0.29, 0.717) is 23.5 Å². The number of nitrogens with two attached hydrogens (primary N) is 1. The number of morpholine rings is 1. The van der Waals surface area contributed by atoms with E-state index in [4.69, 9.17) is 22.7 Å². The lowest BCUT2D eigenvalue weighted by Crippen LogP contribution is -2.41. The summed E-state index contributed by atoms with van der Waals surface area (Å²) in [5.41, 5.74) is 7.13. The molecule has 1 aromatic rings. The Bertz CT molecular complexity index is 501. The topological polar surface area (TPSA) is 67.6 Å². The Balaban J connectivity index is 1.80. The number of hydrogen-bond acceptors (Lipinski definition) is 4. The SMILES string of the molecule is NC(=S)Cc1cccc(C(=O)NCCN2CCOCC2)c1. The number of carbonyl (C=O) groups excluding carboxylic acids is 1. The van der Waals surface area contributed by atoms with Gasteiger partial charge in [0.15, 0.2) is 0 Å². The van der Waals surface area contributed by atoms with Crippen LogP contribution in [0.4, 0.5) is 0 Å². The van der Waals surface area contributed by atoms with Crippen LogP contribution in [0.2, 0.25) is 0 Å². The number of rotatable bonds is 6. The maximum atomic E-state index is 12.1. The molecule has 0 atom stereocenters. The number of ether oxygens (including phenoxy) is 1. The van der Waals surface area contributed by atoms with Gasteiger partial charge in [0.1, 0.15) is 0 Å². The van der Waals surface area contributed by atoms with Crippen molar-refractivity contribution in [1.29, 1.82) is 0 Å². The highest BCUT2D eigenvalue weighted by molar-refractivity contribution is 7.80. The molecular weight excluding hydrogens is 286 g/mol. The van der Waals surface area contributed by atoms with Crippen molar-refractivity contribution in [3.8, 4) is 0 Å². The molecule has 3 N–H and O–H groups in total. The Kier molecular flexibility index (Phi) is 6.10. The average molecular weight is 307 g/mol. The van der Waals surface area contributed by atoms with Crippen LogP contribution in [0, 0.1) is 0 Å². The van der Waals surface area contributed by atoms with Crippen LogP contribution in [0.3, 0.4) is 0 Å². The molecule has 1 amide bonds. The summed E-state index contributed by atoms with van der Waals surface area (Å²) in [5.74, 6) is -0.0620. The molecule has 0 aliphatic carbocycles. The number of benzene rings is 1.